The van der Waals surface area contributed by atoms with Crippen LogP contribution in [0.25, 0.3) is 0 Å². The van der Waals surface area contributed by atoms with Gasteiger partial charge in [-0.05, 0) is 73.9 Å². The predicted octanol–water partition coefficient (Wildman–Crippen LogP) is 6.15. The summed E-state index contributed by atoms with van der Waals surface area (Å²) in [5.41, 5.74) is 2.33. The summed E-state index contributed by atoms with van der Waals surface area (Å²) < 4.78 is 42.8. The lowest BCUT2D eigenvalue weighted by molar-refractivity contribution is -0.140. The Kier molecular flexibility index (Phi) is 10.8. The summed E-state index contributed by atoms with van der Waals surface area (Å²) in [5, 5.41) is 3.24. The van der Waals surface area contributed by atoms with Crippen molar-refractivity contribution < 1.29 is 22.4 Å². The van der Waals surface area contributed by atoms with Crippen LogP contribution in [0.1, 0.15) is 30.5 Å². The molecule has 4 rings (SSSR count). The maximum Gasteiger partial charge on any atom is 0.264 e. The number of nitrogens with one attached hydrogen (secondary N) is 1. The van der Waals surface area contributed by atoms with Crippen LogP contribution in [-0.2, 0) is 32.6 Å². The van der Waals surface area contributed by atoms with Gasteiger partial charge in [0.1, 0.15) is 18.4 Å². The molecule has 0 spiro atoms. The van der Waals surface area contributed by atoms with Crippen molar-refractivity contribution in [1.29, 1.82) is 0 Å². The van der Waals surface area contributed by atoms with Gasteiger partial charge < -0.3 is 10.2 Å². The standard InChI is InChI=1S/C34H35ClFN3O4S/c1-24(2)37-34(41)32(20-26-10-6-4-7-11-26)38(22-27-15-17-28(36)18-16-27)33(40)23-39(29-19-14-25(3)31(35)21-29)44(42,43)30-12-8-5-9-13-30/h4-19,21,24,32H,20,22-23H2,1-3H3,(H,37,41)/t32-/m1/s1. The average Bonchev–Trinajstić information content (AvgIpc) is 3.00. The Morgan fingerprint density at radius 1 is 0.864 bits per heavy atom. The molecule has 1 N–H and O–H groups in total. The minimum absolute atomic E-state index is 0.00651. The van der Waals surface area contributed by atoms with Gasteiger partial charge in [0.15, 0.2) is 0 Å². The van der Waals surface area contributed by atoms with Gasteiger partial charge in [0.05, 0.1) is 10.6 Å². The van der Waals surface area contributed by atoms with Crippen LogP contribution in [-0.4, -0.2) is 43.8 Å². The van der Waals surface area contributed by atoms with E-state index in [-0.39, 0.29) is 29.6 Å². The summed E-state index contributed by atoms with van der Waals surface area (Å²) in [7, 11) is -4.24. The zero-order chi connectivity index (χ0) is 31.9. The first-order valence-corrected chi connectivity index (χ1v) is 16.0. The molecule has 0 saturated heterocycles. The second-order valence-corrected chi connectivity index (χ2v) is 13.0. The van der Waals surface area contributed by atoms with Crippen molar-refractivity contribution in [3.8, 4) is 0 Å². The van der Waals surface area contributed by atoms with E-state index in [0.717, 1.165) is 15.4 Å². The molecule has 0 bridgehead atoms. The number of nitrogens with zero attached hydrogens (tertiary/aromatic N) is 2. The van der Waals surface area contributed by atoms with Gasteiger partial charge in [-0.1, -0.05) is 78.3 Å². The Morgan fingerprint density at radius 2 is 1.48 bits per heavy atom. The number of aryl methyl sites for hydroxylation is 1. The van der Waals surface area contributed by atoms with Gasteiger partial charge in [-0.3, -0.25) is 13.9 Å². The van der Waals surface area contributed by atoms with Crippen molar-refractivity contribution in [2.45, 2.75) is 50.7 Å². The van der Waals surface area contributed by atoms with Crippen LogP contribution in [0.15, 0.2) is 108 Å². The van der Waals surface area contributed by atoms with E-state index in [9.17, 15) is 22.4 Å². The molecular weight excluding hydrogens is 601 g/mol. The number of rotatable bonds is 12. The summed E-state index contributed by atoms with van der Waals surface area (Å²) in [5.74, 6) is -1.46. The van der Waals surface area contributed by atoms with Crippen molar-refractivity contribution in [1.82, 2.24) is 10.2 Å². The van der Waals surface area contributed by atoms with E-state index in [1.807, 2.05) is 44.2 Å². The molecule has 0 aliphatic rings. The maximum atomic E-state index is 14.4. The molecule has 0 aliphatic carbocycles. The first-order valence-electron chi connectivity index (χ1n) is 14.2. The first-order chi connectivity index (χ1) is 21.0. The molecule has 10 heteroatoms. The Balaban J connectivity index is 1.81. The van der Waals surface area contributed by atoms with Crippen LogP contribution in [0, 0.1) is 12.7 Å². The second kappa shape index (κ2) is 14.5. The second-order valence-electron chi connectivity index (χ2n) is 10.8. The largest absolute Gasteiger partial charge is 0.352 e. The van der Waals surface area contributed by atoms with Gasteiger partial charge in [-0.15, -0.1) is 0 Å². The van der Waals surface area contributed by atoms with Crippen LogP contribution in [0.4, 0.5) is 10.1 Å². The number of hydrogen-bond acceptors (Lipinski definition) is 4. The number of halogens is 2. The third kappa shape index (κ3) is 8.24. The highest BCUT2D eigenvalue weighted by atomic mass is 35.5. The topological polar surface area (TPSA) is 86.8 Å². The van der Waals surface area contributed by atoms with E-state index in [1.54, 1.807) is 37.3 Å². The van der Waals surface area contributed by atoms with E-state index in [4.69, 9.17) is 11.6 Å². The Bertz CT molecular complexity index is 1690. The van der Waals surface area contributed by atoms with E-state index < -0.39 is 40.2 Å². The fourth-order valence-corrected chi connectivity index (χ4v) is 6.31. The lowest BCUT2D eigenvalue weighted by Crippen LogP contribution is -2.54. The summed E-state index contributed by atoms with van der Waals surface area (Å²) in [6.45, 7) is 4.76. The Hall–Kier alpha value is -4.21. The van der Waals surface area contributed by atoms with E-state index >= 15 is 0 Å². The zero-order valence-electron chi connectivity index (χ0n) is 24.8. The van der Waals surface area contributed by atoms with Gasteiger partial charge in [-0.2, -0.15) is 0 Å². The fourth-order valence-electron chi connectivity index (χ4n) is 4.71. The normalized spacial score (nSPS) is 12.0. The van der Waals surface area contributed by atoms with Gasteiger partial charge >= 0.3 is 0 Å². The molecule has 0 unspecified atom stereocenters. The molecule has 2 amide bonds. The van der Waals surface area contributed by atoms with Crippen LogP contribution < -0.4 is 9.62 Å². The fraction of sp³-hybridized carbons (Fsp3) is 0.235. The zero-order valence-corrected chi connectivity index (χ0v) is 26.4. The highest BCUT2D eigenvalue weighted by Crippen LogP contribution is 2.29. The molecule has 0 saturated carbocycles. The highest BCUT2D eigenvalue weighted by molar-refractivity contribution is 7.92. The van der Waals surface area contributed by atoms with Gasteiger partial charge in [-0.25, -0.2) is 12.8 Å². The smallest absolute Gasteiger partial charge is 0.264 e. The van der Waals surface area contributed by atoms with Gasteiger partial charge in [0.2, 0.25) is 11.8 Å². The molecule has 0 radical (unpaired) electrons. The van der Waals surface area contributed by atoms with Crippen LogP contribution >= 0.6 is 11.6 Å². The minimum Gasteiger partial charge on any atom is -0.352 e. The monoisotopic (exact) mass is 635 g/mol. The minimum atomic E-state index is -4.24. The van der Waals surface area contributed by atoms with E-state index in [1.165, 1.54) is 47.4 Å². The number of hydrogen-bond donors (Lipinski definition) is 1. The number of carbonyl (C=O) groups excluding carboxylic acids is 2. The van der Waals surface area contributed by atoms with E-state index in [0.29, 0.717) is 10.6 Å². The molecular formula is C34H35ClFN3O4S. The molecule has 0 heterocycles. The van der Waals surface area contributed by atoms with Crippen molar-refractivity contribution >= 4 is 39.1 Å². The molecule has 0 aliphatic heterocycles. The molecule has 0 aromatic heterocycles. The number of amides is 2. The highest BCUT2D eigenvalue weighted by Gasteiger charge is 2.35. The predicted molar refractivity (Wildman–Crippen MR) is 171 cm³/mol. The van der Waals surface area contributed by atoms with Crippen molar-refractivity contribution in [3.63, 3.8) is 0 Å². The summed E-state index contributed by atoms with van der Waals surface area (Å²) >= 11 is 6.40. The third-order valence-corrected chi connectivity index (χ3v) is 9.22. The lowest BCUT2D eigenvalue weighted by atomic mass is 10.0. The van der Waals surface area contributed by atoms with Crippen molar-refractivity contribution in [2.75, 3.05) is 10.8 Å². The lowest BCUT2D eigenvalue weighted by Gasteiger charge is -2.34. The molecule has 1 atom stereocenters. The number of sulfonamides is 1. The average molecular weight is 636 g/mol. The van der Waals surface area contributed by atoms with Crippen LogP contribution in [0.3, 0.4) is 0 Å². The quantitative estimate of drug-likeness (QED) is 0.202. The van der Waals surface area contributed by atoms with Crippen molar-refractivity contribution in [2.24, 2.45) is 0 Å². The molecule has 7 nitrogen and oxygen atoms in total. The number of anilines is 1. The maximum absolute atomic E-state index is 14.4. The van der Waals surface area contributed by atoms with Crippen molar-refractivity contribution in [3.05, 3.63) is 131 Å². The molecule has 0 fully saturated rings. The Morgan fingerprint density at radius 3 is 2.07 bits per heavy atom. The van der Waals surface area contributed by atoms with Gasteiger partial charge in [0, 0.05) is 24.0 Å². The molecule has 230 valence electrons. The summed E-state index contributed by atoms with van der Waals surface area (Å²) in [6.07, 6.45) is 0.175. The van der Waals surface area contributed by atoms with Crippen LogP contribution in [0.5, 0.6) is 0 Å². The Labute approximate surface area is 263 Å². The van der Waals surface area contributed by atoms with Gasteiger partial charge in [0.25, 0.3) is 10.0 Å². The summed E-state index contributed by atoms with van der Waals surface area (Å²) in [4.78, 5) is 29.4. The van der Waals surface area contributed by atoms with E-state index in [2.05, 4.69) is 5.32 Å². The number of carbonyl (C=O) groups is 2. The first kappa shape index (κ1) is 32.7. The molecule has 44 heavy (non-hydrogen) atoms. The molecule has 4 aromatic rings. The third-order valence-electron chi connectivity index (χ3n) is 7.02. The van der Waals surface area contributed by atoms with Crippen LogP contribution in [0.2, 0.25) is 5.02 Å². The SMILES string of the molecule is Cc1ccc(N(CC(=O)N(Cc2ccc(F)cc2)[C@H](Cc2ccccc2)C(=O)NC(C)C)S(=O)(=O)c2ccccc2)cc1Cl. The number of benzene rings is 4. The summed E-state index contributed by atoms with van der Waals surface area (Å²) in [6, 6.07) is 26.2. The molecule has 4 aromatic carbocycles.